The summed E-state index contributed by atoms with van der Waals surface area (Å²) >= 11 is 0. The molecule has 0 spiro atoms. The minimum Gasteiger partial charge on any atom is -0.479 e. The smallest absolute Gasteiger partial charge is 0.342 e. The van der Waals surface area contributed by atoms with Crippen molar-refractivity contribution in [3.05, 3.63) is 17.5 Å². The first-order valence-corrected chi connectivity index (χ1v) is 4.13. The maximum absolute atomic E-state index is 10.8. The predicted octanol–water partition coefficient (Wildman–Crippen LogP) is 0.0182. The van der Waals surface area contributed by atoms with Gasteiger partial charge in [0.25, 0.3) is 0 Å². The Kier molecular flexibility index (Phi) is 1.63. The van der Waals surface area contributed by atoms with Gasteiger partial charge >= 0.3 is 5.97 Å². The summed E-state index contributed by atoms with van der Waals surface area (Å²) in [7, 11) is 0. The lowest BCUT2D eigenvalue weighted by Gasteiger charge is -2.26. The zero-order chi connectivity index (χ0) is 9.47. The summed E-state index contributed by atoms with van der Waals surface area (Å²) in [6.07, 6.45) is 3.27. The number of aromatic nitrogens is 2. The highest BCUT2D eigenvalue weighted by Crippen LogP contribution is 2.33. The van der Waals surface area contributed by atoms with Gasteiger partial charge in [0.15, 0.2) is 0 Å². The van der Waals surface area contributed by atoms with E-state index in [0.717, 1.165) is 12.0 Å². The van der Waals surface area contributed by atoms with Gasteiger partial charge in [-0.25, -0.2) is 4.79 Å². The van der Waals surface area contributed by atoms with Crippen LogP contribution in [0.2, 0.25) is 0 Å². The first-order chi connectivity index (χ1) is 6.14. The maximum Gasteiger partial charge on any atom is 0.342 e. The van der Waals surface area contributed by atoms with Crippen LogP contribution in [0.15, 0.2) is 6.20 Å². The van der Waals surface area contributed by atoms with Gasteiger partial charge in [0.05, 0.1) is 11.9 Å². The quantitative estimate of drug-likeness (QED) is 0.571. The van der Waals surface area contributed by atoms with Crippen LogP contribution in [-0.2, 0) is 16.8 Å². The van der Waals surface area contributed by atoms with Crippen LogP contribution in [-0.4, -0.2) is 26.4 Å². The number of aryl methyl sites for hydroxylation is 1. The SMILES string of the molecule is O=C(O)C1(O)CCCc2cn[nH]c21. The van der Waals surface area contributed by atoms with Gasteiger partial charge in [-0.3, -0.25) is 5.10 Å². The van der Waals surface area contributed by atoms with Gasteiger partial charge in [0.2, 0.25) is 5.60 Å². The van der Waals surface area contributed by atoms with E-state index in [0.29, 0.717) is 12.1 Å². The van der Waals surface area contributed by atoms with Crippen molar-refractivity contribution in [3.8, 4) is 0 Å². The van der Waals surface area contributed by atoms with Crippen LogP contribution in [0.3, 0.4) is 0 Å². The van der Waals surface area contributed by atoms with Crippen LogP contribution in [0.4, 0.5) is 0 Å². The molecular formula is C8H10N2O3. The number of H-pyrrole nitrogens is 1. The van der Waals surface area contributed by atoms with Crippen molar-refractivity contribution in [2.75, 3.05) is 0 Å². The highest BCUT2D eigenvalue weighted by Gasteiger charge is 2.43. The number of hydrogen-bond acceptors (Lipinski definition) is 3. The Hall–Kier alpha value is -1.36. The minimum absolute atomic E-state index is 0.248. The molecule has 1 atom stereocenters. The minimum atomic E-state index is -1.76. The predicted molar refractivity (Wildman–Crippen MR) is 43.1 cm³/mol. The fraction of sp³-hybridized carbons (Fsp3) is 0.500. The fourth-order valence-corrected chi connectivity index (χ4v) is 1.73. The van der Waals surface area contributed by atoms with E-state index in [4.69, 9.17) is 5.11 Å². The largest absolute Gasteiger partial charge is 0.479 e. The topological polar surface area (TPSA) is 86.2 Å². The van der Waals surface area contributed by atoms with Crippen molar-refractivity contribution in [3.63, 3.8) is 0 Å². The number of nitrogens with zero attached hydrogens (tertiary/aromatic N) is 1. The van der Waals surface area contributed by atoms with Gasteiger partial charge in [0, 0.05) is 0 Å². The second kappa shape index (κ2) is 2.56. The number of carbonyl (C=O) groups is 1. The summed E-state index contributed by atoms with van der Waals surface area (Å²) in [5, 5.41) is 25.0. The molecule has 1 aliphatic rings. The number of aliphatic carboxylic acids is 1. The third-order valence-corrected chi connectivity index (χ3v) is 2.47. The van der Waals surface area contributed by atoms with Crippen LogP contribution in [0.25, 0.3) is 0 Å². The molecule has 13 heavy (non-hydrogen) atoms. The van der Waals surface area contributed by atoms with Gasteiger partial charge in [-0.2, -0.15) is 5.10 Å². The monoisotopic (exact) mass is 182 g/mol. The Labute approximate surface area is 74.4 Å². The van der Waals surface area contributed by atoms with E-state index in [9.17, 15) is 9.90 Å². The third-order valence-electron chi connectivity index (χ3n) is 2.47. The Bertz CT molecular complexity index is 347. The van der Waals surface area contributed by atoms with Crippen molar-refractivity contribution >= 4 is 5.97 Å². The van der Waals surface area contributed by atoms with E-state index in [-0.39, 0.29) is 6.42 Å². The summed E-state index contributed by atoms with van der Waals surface area (Å²) in [5.41, 5.74) is -0.619. The highest BCUT2D eigenvalue weighted by molar-refractivity contribution is 5.79. The highest BCUT2D eigenvalue weighted by atomic mass is 16.4. The molecule has 0 fully saturated rings. The molecule has 1 heterocycles. The van der Waals surface area contributed by atoms with Crippen LogP contribution in [0.1, 0.15) is 24.1 Å². The van der Waals surface area contributed by atoms with E-state index in [1.807, 2.05) is 0 Å². The molecule has 5 heteroatoms. The number of rotatable bonds is 1. The third kappa shape index (κ3) is 1.04. The number of carboxylic acid groups (broad SMARTS) is 1. The van der Waals surface area contributed by atoms with Gasteiger partial charge in [-0.1, -0.05) is 0 Å². The van der Waals surface area contributed by atoms with E-state index >= 15 is 0 Å². The zero-order valence-corrected chi connectivity index (χ0v) is 6.95. The zero-order valence-electron chi connectivity index (χ0n) is 6.95. The molecule has 3 N–H and O–H groups in total. The van der Waals surface area contributed by atoms with Crippen LogP contribution < -0.4 is 0 Å². The Balaban J connectivity index is 2.51. The standard InChI is InChI=1S/C8H10N2O3/c11-7(12)8(13)3-1-2-5-4-9-10-6(5)8/h4,13H,1-3H2,(H,9,10)(H,11,12). The molecule has 2 rings (SSSR count). The molecule has 0 amide bonds. The molecule has 0 radical (unpaired) electrons. The maximum atomic E-state index is 10.8. The summed E-state index contributed by atoms with van der Waals surface area (Å²) in [4.78, 5) is 10.8. The van der Waals surface area contributed by atoms with E-state index in [2.05, 4.69) is 10.2 Å². The molecule has 0 bridgehead atoms. The number of fused-ring (bicyclic) bond motifs is 1. The van der Waals surface area contributed by atoms with Crippen LogP contribution in [0, 0.1) is 0 Å². The first-order valence-electron chi connectivity index (χ1n) is 4.13. The van der Waals surface area contributed by atoms with Gasteiger partial charge < -0.3 is 10.2 Å². The molecule has 0 aliphatic heterocycles. The lowest BCUT2D eigenvalue weighted by Crippen LogP contribution is -2.39. The summed E-state index contributed by atoms with van der Waals surface area (Å²) in [6, 6.07) is 0. The normalized spacial score (nSPS) is 26.8. The first kappa shape index (κ1) is 8.25. The average molecular weight is 182 g/mol. The van der Waals surface area contributed by atoms with E-state index in [1.54, 1.807) is 6.20 Å². The van der Waals surface area contributed by atoms with Crippen LogP contribution >= 0.6 is 0 Å². The van der Waals surface area contributed by atoms with E-state index < -0.39 is 11.6 Å². The summed E-state index contributed by atoms with van der Waals surface area (Å²) < 4.78 is 0. The molecule has 1 aliphatic carbocycles. The molecule has 1 unspecified atom stereocenters. The average Bonchev–Trinajstić information content (AvgIpc) is 2.53. The summed E-state index contributed by atoms with van der Waals surface area (Å²) in [6.45, 7) is 0. The lowest BCUT2D eigenvalue weighted by molar-refractivity contribution is -0.161. The second-order valence-corrected chi connectivity index (χ2v) is 3.29. The van der Waals surface area contributed by atoms with Crippen molar-refractivity contribution in [2.24, 2.45) is 0 Å². The second-order valence-electron chi connectivity index (χ2n) is 3.29. The molecule has 0 saturated heterocycles. The number of aromatic amines is 1. The number of carboxylic acids is 1. The van der Waals surface area contributed by atoms with Crippen molar-refractivity contribution in [2.45, 2.75) is 24.9 Å². The fourth-order valence-electron chi connectivity index (χ4n) is 1.73. The molecule has 0 saturated carbocycles. The number of nitrogens with one attached hydrogen (secondary N) is 1. The number of aliphatic hydroxyl groups is 1. The number of hydrogen-bond donors (Lipinski definition) is 3. The lowest BCUT2D eigenvalue weighted by atomic mass is 9.84. The van der Waals surface area contributed by atoms with Crippen LogP contribution in [0.5, 0.6) is 0 Å². The van der Waals surface area contributed by atoms with Gasteiger partial charge in [-0.05, 0) is 24.8 Å². The van der Waals surface area contributed by atoms with Gasteiger partial charge in [0.1, 0.15) is 0 Å². The molecule has 70 valence electrons. The molecule has 1 aromatic rings. The van der Waals surface area contributed by atoms with Gasteiger partial charge in [-0.15, -0.1) is 0 Å². The van der Waals surface area contributed by atoms with Crippen molar-refractivity contribution < 1.29 is 15.0 Å². The molecule has 0 aromatic carbocycles. The Morgan fingerprint density at radius 1 is 1.69 bits per heavy atom. The molecule has 1 aromatic heterocycles. The molecular weight excluding hydrogens is 172 g/mol. The Morgan fingerprint density at radius 2 is 2.46 bits per heavy atom. The summed E-state index contributed by atoms with van der Waals surface area (Å²) in [5.74, 6) is -1.21. The van der Waals surface area contributed by atoms with E-state index in [1.165, 1.54) is 0 Å². The van der Waals surface area contributed by atoms with Crippen molar-refractivity contribution in [1.82, 2.24) is 10.2 Å². The molecule has 5 nitrogen and oxygen atoms in total. The Morgan fingerprint density at radius 3 is 3.15 bits per heavy atom. The van der Waals surface area contributed by atoms with Crippen molar-refractivity contribution in [1.29, 1.82) is 0 Å².